The monoisotopic (exact) mass is 212 g/mol. The van der Waals surface area contributed by atoms with Crippen LogP contribution in [0.4, 0.5) is 5.69 Å². The fourth-order valence-electron chi connectivity index (χ4n) is 2.30. The van der Waals surface area contributed by atoms with Gasteiger partial charge in [0.1, 0.15) is 5.69 Å². The largest absolute Gasteiger partial charge is 0.304 e. The van der Waals surface area contributed by atoms with Gasteiger partial charge >= 0.3 is 0 Å². The van der Waals surface area contributed by atoms with Crippen molar-refractivity contribution in [2.45, 2.75) is 13.3 Å². The van der Waals surface area contributed by atoms with Crippen LogP contribution in [0.1, 0.15) is 12.6 Å². The first-order valence-corrected chi connectivity index (χ1v) is 5.34. The summed E-state index contributed by atoms with van der Waals surface area (Å²) < 4.78 is 0. The van der Waals surface area contributed by atoms with E-state index < -0.39 is 0 Å². The van der Waals surface area contributed by atoms with Crippen LogP contribution in [0.15, 0.2) is 29.4 Å². The van der Waals surface area contributed by atoms with E-state index in [0.29, 0.717) is 0 Å². The van der Waals surface area contributed by atoms with Gasteiger partial charge in [0, 0.05) is 22.0 Å². The summed E-state index contributed by atoms with van der Waals surface area (Å²) in [4.78, 5) is 0. The third-order valence-corrected chi connectivity index (χ3v) is 3.04. The van der Waals surface area contributed by atoms with E-state index >= 15 is 0 Å². The van der Waals surface area contributed by atoms with E-state index in [1.807, 2.05) is 18.2 Å². The molecule has 2 aliphatic rings. The topological polar surface area (TPSA) is 67.8 Å². The number of hydrogen-bond acceptors (Lipinski definition) is 2. The van der Waals surface area contributed by atoms with Crippen LogP contribution >= 0.6 is 0 Å². The average molecular weight is 212 g/mol. The standard InChI is InChI=1S/C12H12N4/c1-2-9-10-11(14-13)7-5-3-4-6-8(7)12(10)16-15-9/h3-6,13,15-16H,2H2,1H3. The Labute approximate surface area is 92.5 Å². The lowest BCUT2D eigenvalue weighted by atomic mass is 10.1. The van der Waals surface area contributed by atoms with Crippen molar-refractivity contribution in [1.82, 2.24) is 10.2 Å². The second-order valence-corrected chi connectivity index (χ2v) is 3.84. The molecule has 1 aromatic carbocycles. The molecule has 0 bridgehead atoms. The SMILES string of the molecule is CCc1[nH][nH]c2c3ccccc3c(N=N)c1-2. The van der Waals surface area contributed by atoms with Crippen molar-refractivity contribution in [2.75, 3.05) is 0 Å². The molecular formula is C12H12N4. The van der Waals surface area contributed by atoms with E-state index in [4.69, 9.17) is 5.53 Å². The molecule has 4 nitrogen and oxygen atoms in total. The number of H-pyrrole nitrogens is 2. The van der Waals surface area contributed by atoms with Crippen LogP contribution in [-0.2, 0) is 6.42 Å². The number of nitrogens with one attached hydrogen (secondary N) is 3. The van der Waals surface area contributed by atoms with Crippen LogP contribution in [0.5, 0.6) is 0 Å². The van der Waals surface area contributed by atoms with E-state index in [1.165, 1.54) is 0 Å². The Hall–Kier alpha value is -2.10. The molecule has 0 aromatic heterocycles. The highest BCUT2D eigenvalue weighted by atomic mass is 15.1. The Bertz CT molecular complexity index is 632. The number of rotatable bonds is 2. The molecule has 3 N–H and O–H groups in total. The number of hydrogen-bond donors (Lipinski definition) is 3. The van der Waals surface area contributed by atoms with Crippen molar-refractivity contribution in [3.63, 3.8) is 0 Å². The molecule has 0 fully saturated rings. The molecule has 80 valence electrons. The summed E-state index contributed by atoms with van der Waals surface area (Å²) >= 11 is 0. The molecule has 0 radical (unpaired) electrons. The second kappa shape index (κ2) is 3.20. The Kier molecular flexibility index (Phi) is 1.83. The Morgan fingerprint density at radius 2 is 1.94 bits per heavy atom. The van der Waals surface area contributed by atoms with Crippen molar-refractivity contribution in [1.29, 1.82) is 5.53 Å². The van der Waals surface area contributed by atoms with Crippen molar-refractivity contribution in [3.8, 4) is 11.3 Å². The zero-order chi connectivity index (χ0) is 11.1. The van der Waals surface area contributed by atoms with Crippen molar-refractivity contribution in [3.05, 3.63) is 30.0 Å². The van der Waals surface area contributed by atoms with Gasteiger partial charge in [-0.05, 0) is 6.42 Å². The lowest BCUT2D eigenvalue weighted by molar-refractivity contribution is 0.983. The molecular weight excluding hydrogens is 200 g/mol. The van der Waals surface area contributed by atoms with E-state index in [2.05, 4.69) is 28.3 Å². The predicted molar refractivity (Wildman–Crippen MR) is 63.5 cm³/mol. The van der Waals surface area contributed by atoms with Crippen LogP contribution in [0, 0.1) is 5.53 Å². The summed E-state index contributed by atoms with van der Waals surface area (Å²) in [6, 6.07) is 8.04. The van der Waals surface area contributed by atoms with Crippen LogP contribution in [0.25, 0.3) is 22.0 Å². The maximum Gasteiger partial charge on any atom is 0.104 e. The summed E-state index contributed by atoms with van der Waals surface area (Å²) in [6.07, 6.45) is 0.902. The molecule has 0 saturated heterocycles. The van der Waals surface area contributed by atoms with Crippen molar-refractivity contribution >= 4 is 16.5 Å². The van der Waals surface area contributed by atoms with Gasteiger partial charge in [-0.1, -0.05) is 31.2 Å². The lowest BCUT2D eigenvalue weighted by Crippen LogP contribution is -1.80. The summed E-state index contributed by atoms with van der Waals surface area (Å²) in [7, 11) is 0. The molecule has 1 heterocycles. The zero-order valence-electron chi connectivity index (χ0n) is 8.96. The first-order chi connectivity index (χ1) is 7.86. The summed E-state index contributed by atoms with van der Waals surface area (Å²) in [5.41, 5.74) is 11.3. The number of benzene rings is 1. The van der Waals surface area contributed by atoms with Crippen molar-refractivity contribution < 1.29 is 0 Å². The van der Waals surface area contributed by atoms with Gasteiger partial charge in [0.05, 0.1) is 5.69 Å². The second-order valence-electron chi connectivity index (χ2n) is 3.84. The van der Waals surface area contributed by atoms with Crippen LogP contribution in [-0.4, -0.2) is 10.2 Å². The minimum atomic E-state index is 0.764. The van der Waals surface area contributed by atoms with Gasteiger partial charge in [-0.15, -0.1) is 0 Å². The van der Waals surface area contributed by atoms with Crippen LogP contribution < -0.4 is 0 Å². The van der Waals surface area contributed by atoms with Gasteiger partial charge in [-0.25, -0.2) is 5.53 Å². The highest BCUT2D eigenvalue weighted by molar-refractivity contribution is 6.11. The Morgan fingerprint density at radius 1 is 1.19 bits per heavy atom. The van der Waals surface area contributed by atoms with Gasteiger partial charge < -0.3 is 5.10 Å². The highest BCUT2D eigenvalue weighted by Gasteiger charge is 2.21. The summed E-state index contributed by atoms with van der Waals surface area (Å²) in [5.74, 6) is 0. The van der Waals surface area contributed by atoms with Gasteiger partial charge in [0.2, 0.25) is 0 Å². The zero-order valence-corrected chi connectivity index (χ0v) is 8.96. The fraction of sp³-hybridized carbons (Fsp3) is 0.167. The molecule has 0 spiro atoms. The van der Waals surface area contributed by atoms with E-state index in [0.717, 1.165) is 39.8 Å². The number of aromatic nitrogens is 2. The molecule has 0 amide bonds. The van der Waals surface area contributed by atoms with Crippen LogP contribution in [0.2, 0.25) is 0 Å². The van der Waals surface area contributed by atoms with E-state index in [-0.39, 0.29) is 0 Å². The van der Waals surface area contributed by atoms with Crippen LogP contribution in [0.3, 0.4) is 0 Å². The quantitative estimate of drug-likeness (QED) is 0.540. The number of nitrogens with zero attached hydrogens (tertiary/aromatic N) is 1. The number of aryl methyl sites for hydroxylation is 1. The maximum absolute atomic E-state index is 7.33. The third-order valence-electron chi connectivity index (χ3n) is 3.04. The van der Waals surface area contributed by atoms with Gasteiger partial charge in [0.15, 0.2) is 0 Å². The fourth-order valence-corrected chi connectivity index (χ4v) is 2.30. The molecule has 0 saturated carbocycles. The molecule has 0 unspecified atom stereocenters. The third kappa shape index (κ3) is 0.984. The minimum Gasteiger partial charge on any atom is -0.304 e. The summed E-state index contributed by atoms with van der Waals surface area (Å²) in [5, 5.41) is 12.2. The Morgan fingerprint density at radius 3 is 2.62 bits per heavy atom. The summed E-state index contributed by atoms with van der Waals surface area (Å²) in [6.45, 7) is 2.09. The van der Waals surface area contributed by atoms with Gasteiger partial charge in [-0.2, -0.15) is 5.11 Å². The number of fused-ring (bicyclic) bond motifs is 3. The van der Waals surface area contributed by atoms with E-state index in [9.17, 15) is 0 Å². The molecule has 16 heavy (non-hydrogen) atoms. The maximum atomic E-state index is 7.33. The number of aromatic amines is 2. The van der Waals surface area contributed by atoms with Gasteiger partial charge in [-0.3, -0.25) is 5.10 Å². The van der Waals surface area contributed by atoms with Gasteiger partial charge in [0.25, 0.3) is 0 Å². The minimum absolute atomic E-state index is 0.764. The lowest BCUT2D eigenvalue weighted by Gasteiger charge is -1.94. The first-order valence-electron chi connectivity index (χ1n) is 5.34. The predicted octanol–water partition coefficient (Wildman–Crippen LogP) is 3.83. The molecule has 3 rings (SSSR count). The van der Waals surface area contributed by atoms with Crippen molar-refractivity contribution in [2.24, 2.45) is 5.11 Å². The molecule has 0 atom stereocenters. The first kappa shape index (κ1) is 9.15. The molecule has 4 heteroatoms. The Balaban J connectivity index is 2.51. The smallest absolute Gasteiger partial charge is 0.104 e. The average Bonchev–Trinajstić information content (AvgIpc) is 2.86. The van der Waals surface area contributed by atoms with E-state index in [1.54, 1.807) is 0 Å². The molecule has 1 aromatic rings. The highest BCUT2D eigenvalue weighted by Crippen LogP contribution is 2.45. The molecule has 1 aliphatic carbocycles. The molecule has 1 aliphatic heterocycles. The normalized spacial score (nSPS) is 11.3.